The highest BCUT2D eigenvalue weighted by atomic mass is 19.4. The van der Waals surface area contributed by atoms with E-state index in [0.717, 1.165) is 0 Å². The standard InChI is InChI=1S/C7H10O5.C2H3F3/c8-3-12-5-2-11-6-4(9)1-10-7(5)6;1-2(3,4)5/h3-7,9H,1-2H2;1H3/t4?,5?,6-,7-;/m1./s1. The predicted molar refractivity (Wildman–Crippen MR) is 48.2 cm³/mol. The lowest BCUT2D eigenvalue weighted by Gasteiger charge is -2.12. The molecule has 4 atom stereocenters. The summed E-state index contributed by atoms with van der Waals surface area (Å²) in [5, 5.41) is 9.29. The first-order valence-corrected chi connectivity index (χ1v) is 4.90. The van der Waals surface area contributed by atoms with Gasteiger partial charge in [0.25, 0.3) is 6.47 Å². The van der Waals surface area contributed by atoms with Gasteiger partial charge in [-0.05, 0) is 0 Å². The highest BCUT2D eigenvalue weighted by Crippen LogP contribution is 2.28. The summed E-state index contributed by atoms with van der Waals surface area (Å²) in [4.78, 5) is 10.0. The maximum atomic E-state index is 10.4. The van der Waals surface area contributed by atoms with Crippen LogP contribution in [0, 0.1) is 0 Å². The molecule has 2 saturated heterocycles. The molecule has 100 valence electrons. The van der Waals surface area contributed by atoms with Crippen molar-refractivity contribution in [1.82, 2.24) is 0 Å². The van der Waals surface area contributed by atoms with Crippen molar-refractivity contribution in [3.05, 3.63) is 0 Å². The molecule has 2 rings (SSSR count). The minimum atomic E-state index is -4.00. The van der Waals surface area contributed by atoms with E-state index in [1.54, 1.807) is 0 Å². The van der Waals surface area contributed by atoms with Gasteiger partial charge in [0.2, 0.25) is 0 Å². The number of aliphatic hydroxyl groups excluding tert-OH is 1. The number of hydrogen-bond acceptors (Lipinski definition) is 5. The SMILES string of the molecule is CC(F)(F)F.O=COC1CO[C@@H]2C(O)CO[C@H]12. The van der Waals surface area contributed by atoms with Crippen LogP contribution < -0.4 is 0 Å². The summed E-state index contributed by atoms with van der Waals surface area (Å²) < 4.78 is 46.2. The number of ether oxygens (including phenoxy) is 3. The Morgan fingerprint density at radius 2 is 1.82 bits per heavy atom. The molecule has 2 unspecified atom stereocenters. The highest BCUT2D eigenvalue weighted by molar-refractivity contribution is 5.37. The van der Waals surface area contributed by atoms with Crippen LogP contribution in [0.5, 0.6) is 0 Å². The third-order valence-electron chi connectivity index (χ3n) is 2.21. The van der Waals surface area contributed by atoms with E-state index >= 15 is 0 Å². The van der Waals surface area contributed by atoms with Crippen molar-refractivity contribution in [2.45, 2.75) is 37.5 Å². The average molecular weight is 258 g/mol. The lowest BCUT2D eigenvalue weighted by Crippen LogP contribution is -2.32. The van der Waals surface area contributed by atoms with Gasteiger partial charge in [-0.1, -0.05) is 0 Å². The Balaban J connectivity index is 0.000000249. The Morgan fingerprint density at radius 1 is 1.29 bits per heavy atom. The van der Waals surface area contributed by atoms with Crippen LogP contribution in [0.3, 0.4) is 0 Å². The van der Waals surface area contributed by atoms with Gasteiger partial charge in [0.1, 0.15) is 18.3 Å². The van der Waals surface area contributed by atoms with Gasteiger partial charge < -0.3 is 19.3 Å². The molecule has 5 nitrogen and oxygen atoms in total. The number of hydrogen-bond donors (Lipinski definition) is 1. The smallest absolute Gasteiger partial charge is 0.386 e. The highest BCUT2D eigenvalue weighted by Gasteiger charge is 2.48. The van der Waals surface area contributed by atoms with E-state index in [2.05, 4.69) is 0 Å². The molecule has 2 aliphatic heterocycles. The van der Waals surface area contributed by atoms with Crippen LogP contribution in [0.1, 0.15) is 6.92 Å². The summed E-state index contributed by atoms with van der Waals surface area (Å²) in [6.07, 6.45) is -5.56. The molecule has 0 radical (unpaired) electrons. The number of carbonyl (C=O) groups is 1. The van der Waals surface area contributed by atoms with Crippen molar-refractivity contribution in [3.63, 3.8) is 0 Å². The zero-order chi connectivity index (χ0) is 13.1. The summed E-state index contributed by atoms with van der Waals surface area (Å²) in [6, 6.07) is 0. The maximum absolute atomic E-state index is 10.4. The lowest BCUT2D eigenvalue weighted by atomic mass is 10.1. The lowest BCUT2D eigenvalue weighted by molar-refractivity contribution is -0.138. The molecule has 0 saturated carbocycles. The van der Waals surface area contributed by atoms with Gasteiger partial charge in [-0.2, -0.15) is 13.2 Å². The molecule has 0 bridgehead atoms. The Morgan fingerprint density at radius 3 is 2.35 bits per heavy atom. The van der Waals surface area contributed by atoms with Gasteiger partial charge in [0.15, 0.2) is 6.10 Å². The molecular weight excluding hydrogens is 245 g/mol. The zero-order valence-electron chi connectivity index (χ0n) is 9.02. The van der Waals surface area contributed by atoms with E-state index in [1.807, 2.05) is 0 Å². The van der Waals surface area contributed by atoms with Gasteiger partial charge >= 0.3 is 6.18 Å². The van der Waals surface area contributed by atoms with Crippen LogP contribution in [0.25, 0.3) is 0 Å². The molecule has 0 spiro atoms. The fourth-order valence-corrected chi connectivity index (χ4v) is 1.63. The van der Waals surface area contributed by atoms with E-state index in [1.165, 1.54) is 0 Å². The molecule has 17 heavy (non-hydrogen) atoms. The number of rotatable bonds is 2. The predicted octanol–water partition coefficient (Wildman–Crippen LogP) is 0.255. The number of halogens is 3. The molecule has 2 heterocycles. The number of carbonyl (C=O) groups excluding carboxylic acids is 1. The van der Waals surface area contributed by atoms with Gasteiger partial charge in [-0.25, -0.2) is 0 Å². The summed E-state index contributed by atoms with van der Waals surface area (Å²) in [5.41, 5.74) is 0. The average Bonchev–Trinajstić information content (AvgIpc) is 2.70. The Bertz CT molecular complexity index is 252. The Labute approximate surface area is 95.4 Å². The fraction of sp³-hybridized carbons (Fsp3) is 0.889. The molecule has 0 amide bonds. The molecule has 2 fully saturated rings. The van der Waals surface area contributed by atoms with Crippen LogP contribution in [0.4, 0.5) is 13.2 Å². The van der Waals surface area contributed by atoms with Gasteiger partial charge in [0.05, 0.1) is 13.2 Å². The van der Waals surface area contributed by atoms with Crippen LogP contribution in [0.2, 0.25) is 0 Å². The van der Waals surface area contributed by atoms with Crippen molar-refractivity contribution in [3.8, 4) is 0 Å². The first-order chi connectivity index (χ1) is 7.83. The second kappa shape index (κ2) is 5.65. The molecule has 2 aliphatic rings. The van der Waals surface area contributed by atoms with E-state index in [4.69, 9.17) is 14.2 Å². The summed E-state index contributed by atoms with van der Waals surface area (Å²) in [6.45, 7) is 1.14. The minimum absolute atomic E-state index is 0.188. The molecule has 0 aliphatic carbocycles. The summed E-state index contributed by atoms with van der Waals surface area (Å²) in [7, 11) is 0. The van der Waals surface area contributed by atoms with E-state index in [9.17, 15) is 23.1 Å². The van der Waals surface area contributed by atoms with Crippen molar-refractivity contribution < 1.29 is 37.3 Å². The van der Waals surface area contributed by atoms with Crippen molar-refractivity contribution >= 4 is 6.47 Å². The van der Waals surface area contributed by atoms with Crippen LogP contribution in [0.15, 0.2) is 0 Å². The third kappa shape index (κ3) is 4.49. The van der Waals surface area contributed by atoms with Crippen molar-refractivity contribution in [1.29, 1.82) is 0 Å². The minimum Gasteiger partial charge on any atom is -0.459 e. The van der Waals surface area contributed by atoms with E-state index in [-0.39, 0.29) is 31.8 Å². The summed E-state index contributed by atoms with van der Waals surface area (Å²) >= 11 is 0. The van der Waals surface area contributed by atoms with Crippen molar-refractivity contribution in [2.24, 2.45) is 0 Å². The van der Waals surface area contributed by atoms with Crippen molar-refractivity contribution in [2.75, 3.05) is 13.2 Å². The quantitative estimate of drug-likeness (QED) is 0.719. The molecular formula is C9H13F3O5. The number of fused-ring (bicyclic) bond motifs is 1. The normalized spacial score (nSPS) is 35.8. The topological polar surface area (TPSA) is 65.0 Å². The third-order valence-corrected chi connectivity index (χ3v) is 2.21. The largest absolute Gasteiger partial charge is 0.459 e. The first-order valence-electron chi connectivity index (χ1n) is 4.90. The number of alkyl halides is 3. The first kappa shape index (κ1) is 14.2. The van der Waals surface area contributed by atoms with Crippen LogP contribution in [-0.4, -0.2) is 55.4 Å². The van der Waals surface area contributed by atoms with Gasteiger partial charge in [-0.3, -0.25) is 4.79 Å². The second-order valence-corrected chi connectivity index (χ2v) is 3.72. The number of aliphatic hydroxyl groups is 1. The molecule has 1 N–H and O–H groups in total. The molecule has 0 aromatic rings. The zero-order valence-corrected chi connectivity index (χ0v) is 9.02. The maximum Gasteiger partial charge on any atom is 0.386 e. The summed E-state index contributed by atoms with van der Waals surface area (Å²) in [5.74, 6) is 0. The van der Waals surface area contributed by atoms with Gasteiger partial charge in [0, 0.05) is 6.92 Å². The van der Waals surface area contributed by atoms with Crippen LogP contribution >= 0.6 is 0 Å². The van der Waals surface area contributed by atoms with Gasteiger partial charge in [-0.15, -0.1) is 0 Å². The van der Waals surface area contributed by atoms with E-state index < -0.39 is 12.3 Å². The monoisotopic (exact) mass is 258 g/mol. The second-order valence-electron chi connectivity index (χ2n) is 3.72. The Hall–Kier alpha value is -0.860. The molecule has 0 aromatic heterocycles. The van der Waals surface area contributed by atoms with E-state index in [0.29, 0.717) is 13.1 Å². The van der Waals surface area contributed by atoms with Crippen LogP contribution in [-0.2, 0) is 19.0 Å². The Kier molecular flexibility index (Phi) is 4.72. The molecule has 8 heteroatoms. The molecule has 0 aromatic carbocycles. The fourth-order valence-electron chi connectivity index (χ4n) is 1.63.